The van der Waals surface area contributed by atoms with Gasteiger partial charge in [-0.05, 0) is 31.9 Å². The molecule has 7 nitrogen and oxygen atoms in total. The van der Waals surface area contributed by atoms with E-state index in [9.17, 15) is 4.79 Å². The highest BCUT2D eigenvalue weighted by Crippen LogP contribution is 2.35. The number of aromatic nitrogens is 3. The lowest BCUT2D eigenvalue weighted by Crippen LogP contribution is -2.20. The Morgan fingerprint density at radius 2 is 2.03 bits per heavy atom. The molecule has 0 saturated heterocycles. The van der Waals surface area contributed by atoms with E-state index in [2.05, 4.69) is 56.5 Å². The van der Waals surface area contributed by atoms with Crippen LogP contribution in [0, 0.1) is 6.92 Å². The van der Waals surface area contributed by atoms with Crippen molar-refractivity contribution in [2.24, 2.45) is 5.10 Å². The molecule has 2 aromatic heterocycles. The molecular formula is C22H25N5O2S. The highest BCUT2D eigenvalue weighted by Gasteiger charge is 2.24. The molecule has 1 aromatic carbocycles. The number of carbonyl (C=O) groups excluding carboxylic acids is 1. The van der Waals surface area contributed by atoms with E-state index < -0.39 is 0 Å². The third kappa shape index (κ3) is 4.99. The second-order valence-corrected chi connectivity index (χ2v) is 8.37. The monoisotopic (exact) mass is 423 g/mol. The molecule has 1 aliphatic rings. The lowest BCUT2D eigenvalue weighted by Gasteiger charge is -2.25. The van der Waals surface area contributed by atoms with Crippen LogP contribution in [0.5, 0.6) is 0 Å². The number of hydrazone groups is 1. The first-order chi connectivity index (χ1) is 14.7. The minimum Gasteiger partial charge on any atom is -0.463 e. The summed E-state index contributed by atoms with van der Waals surface area (Å²) in [5.74, 6) is 1.48. The summed E-state index contributed by atoms with van der Waals surface area (Å²) in [5.41, 5.74) is 4.79. The fourth-order valence-electron chi connectivity index (χ4n) is 3.64. The molecule has 1 N–H and O–H groups in total. The lowest BCUT2D eigenvalue weighted by molar-refractivity contribution is -0.118. The standard InChI is InChI=1S/C22H25N5O2S/c1-16-9-11-17(12-10-16)21-25-26-22(27(21)18-6-3-2-4-7-18)30-15-20(28)24-23-14-19-8-5-13-29-19/h5,8-14,18H,2-4,6-7,15H2,1H3,(H,24,28). The van der Waals surface area contributed by atoms with Gasteiger partial charge in [0, 0.05) is 11.6 Å². The minimum absolute atomic E-state index is 0.196. The number of carbonyl (C=O) groups is 1. The Morgan fingerprint density at radius 3 is 2.77 bits per heavy atom. The van der Waals surface area contributed by atoms with Crippen LogP contribution in [0.3, 0.4) is 0 Å². The fourth-order valence-corrected chi connectivity index (χ4v) is 4.44. The molecule has 156 valence electrons. The van der Waals surface area contributed by atoms with Gasteiger partial charge in [0.2, 0.25) is 0 Å². The van der Waals surface area contributed by atoms with Gasteiger partial charge in [-0.25, -0.2) is 5.43 Å². The van der Waals surface area contributed by atoms with E-state index in [4.69, 9.17) is 4.42 Å². The van der Waals surface area contributed by atoms with Crippen LogP contribution in [0.15, 0.2) is 57.3 Å². The van der Waals surface area contributed by atoms with Gasteiger partial charge in [-0.3, -0.25) is 9.36 Å². The molecule has 2 heterocycles. The Hall–Kier alpha value is -2.87. The average Bonchev–Trinajstić information content (AvgIpc) is 3.43. The smallest absolute Gasteiger partial charge is 0.250 e. The zero-order valence-electron chi connectivity index (χ0n) is 17.0. The average molecular weight is 424 g/mol. The maximum atomic E-state index is 12.2. The van der Waals surface area contributed by atoms with E-state index >= 15 is 0 Å². The first-order valence-corrected chi connectivity index (χ1v) is 11.2. The van der Waals surface area contributed by atoms with Gasteiger partial charge in [-0.15, -0.1) is 10.2 Å². The quantitative estimate of drug-likeness (QED) is 0.341. The summed E-state index contributed by atoms with van der Waals surface area (Å²) in [6, 6.07) is 12.3. The third-order valence-corrected chi connectivity index (χ3v) is 6.11. The Morgan fingerprint density at radius 1 is 1.23 bits per heavy atom. The van der Waals surface area contributed by atoms with Crippen LogP contribution in [0.25, 0.3) is 11.4 Å². The molecular weight excluding hydrogens is 398 g/mol. The Labute approximate surface area is 180 Å². The van der Waals surface area contributed by atoms with Crippen molar-refractivity contribution in [2.75, 3.05) is 5.75 Å². The van der Waals surface area contributed by atoms with Gasteiger partial charge >= 0.3 is 0 Å². The van der Waals surface area contributed by atoms with Crippen molar-refractivity contribution in [1.29, 1.82) is 0 Å². The van der Waals surface area contributed by atoms with E-state index in [1.807, 2.05) is 0 Å². The van der Waals surface area contributed by atoms with E-state index in [0.29, 0.717) is 11.8 Å². The first kappa shape index (κ1) is 20.4. The zero-order chi connectivity index (χ0) is 20.8. The molecule has 1 aliphatic carbocycles. The summed E-state index contributed by atoms with van der Waals surface area (Å²) in [4.78, 5) is 12.2. The number of nitrogens with zero attached hydrogens (tertiary/aromatic N) is 4. The van der Waals surface area contributed by atoms with Crippen LogP contribution in [-0.2, 0) is 4.79 Å². The molecule has 1 fully saturated rings. The summed E-state index contributed by atoms with van der Waals surface area (Å²) < 4.78 is 7.38. The van der Waals surface area contributed by atoms with Crippen molar-refractivity contribution in [1.82, 2.24) is 20.2 Å². The Bertz CT molecular complexity index is 989. The zero-order valence-corrected chi connectivity index (χ0v) is 17.8. The maximum Gasteiger partial charge on any atom is 0.250 e. The van der Waals surface area contributed by atoms with Crippen LogP contribution in [-0.4, -0.2) is 32.6 Å². The summed E-state index contributed by atoms with van der Waals surface area (Å²) in [6.07, 6.45) is 8.96. The molecule has 0 radical (unpaired) electrons. The highest BCUT2D eigenvalue weighted by molar-refractivity contribution is 7.99. The fraction of sp³-hybridized carbons (Fsp3) is 0.364. The predicted molar refractivity (Wildman–Crippen MR) is 117 cm³/mol. The molecule has 8 heteroatoms. The Kier molecular flexibility index (Phi) is 6.63. The van der Waals surface area contributed by atoms with Crippen LogP contribution in [0.2, 0.25) is 0 Å². The molecule has 0 spiro atoms. The normalized spacial score (nSPS) is 15.0. The Balaban J connectivity index is 1.48. The van der Waals surface area contributed by atoms with Gasteiger partial charge in [-0.1, -0.05) is 60.9 Å². The van der Waals surface area contributed by atoms with Gasteiger partial charge in [0.05, 0.1) is 18.2 Å². The third-order valence-electron chi connectivity index (χ3n) is 5.17. The van der Waals surface area contributed by atoms with Crippen LogP contribution >= 0.6 is 11.8 Å². The van der Waals surface area contributed by atoms with Crippen molar-refractivity contribution in [2.45, 2.75) is 50.2 Å². The number of hydrogen-bond acceptors (Lipinski definition) is 6. The maximum absolute atomic E-state index is 12.2. The summed E-state index contributed by atoms with van der Waals surface area (Å²) in [7, 11) is 0. The lowest BCUT2D eigenvalue weighted by atomic mass is 9.95. The largest absolute Gasteiger partial charge is 0.463 e. The molecule has 1 amide bonds. The molecule has 4 rings (SSSR count). The van der Waals surface area contributed by atoms with Gasteiger partial charge in [-0.2, -0.15) is 5.10 Å². The van der Waals surface area contributed by atoms with Gasteiger partial charge in [0.1, 0.15) is 5.76 Å². The highest BCUT2D eigenvalue weighted by atomic mass is 32.2. The summed E-state index contributed by atoms with van der Waals surface area (Å²) >= 11 is 1.40. The van der Waals surface area contributed by atoms with E-state index in [1.54, 1.807) is 18.4 Å². The first-order valence-electron chi connectivity index (χ1n) is 10.2. The number of rotatable bonds is 7. The minimum atomic E-state index is -0.196. The second kappa shape index (κ2) is 9.75. The molecule has 3 aromatic rings. The van der Waals surface area contributed by atoms with E-state index in [-0.39, 0.29) is 11.7 Å². The van der Waals surface area contributed by atoms with E-state index in [1.165, 1.54) is 42.8 Å². The van der Waals surface area contributed by atoms with Crippen LogP contribution in [0.1, 0.15) is 49.5 Å². The molecule has 0 bridgehead atoms. The number of hydrogen-bond donors (Lipinski definition) is 1. The van der Waals surface area contributed by atoms with Crippen molar-refractivity contribution >= 4 is 23.9 Å². The molecule has 30 heavy (non-hydrogen) atoms. The van der Waals surface area contributed by atoms with Crippen molar-refractivity contribution in [3.05, 3.63) is 54.0 Å². The topological polar surface area (TPSA) is 85.3 Å². The number of thioether (sulfide) groups is 1. The predicted octanol–water partition coefficient (Wildman–Crippen LogP) is 4.59. The number of amides is 1. The summed E-state index contributed by atoms with van der Waals surface area (Å²) in [5, 5.41) is 13.6. The van der Waals surface area contributed by atoms with Crippen LogP contribution in [0.4, 0.5) is 0 Å². The summed E-state index contributed by atoms with van der Waals surface area (Å²) in [6.45, 7) is 2.07. The van der Waals surface area contributed by atoms with Gasteiger partial charge in [0.25, 0.3) is 5.91 Å². The van der Waals surface area contributed by atoms with E-state index in [0.717, 1.165) is 29.4 Å². The molecule has 0 aliphatic heterocycles. The number of benzene rings is 1. The number of nitrogens with one attached hydrogen (secondary N) is 1. The molecule has 1 saturated carbocycles. The van der Waals surface area contributed by atoms with Crippen molar-refractivity contribution in [3.63, 3.8) is 0 Å². The van der Waals surface area contributed by atoms with Gasteiger partial charge in [0.15, 0.2) is 11.0 Å². The van der Waals surface area contributed by atoms with Crippen molar-refractivity contribution < 1.29 is 9.21 Å². The second-order valence-electron chi connectivity index (χ2n) is 7.43. The van der Waals surface area contributed by atoms with Gasteiger partial charge < -0.3 is 4.42 Å². The number of furan rings is 1. The SMILES string of the molecule is Cc1ccc(-c2nnc(SCC(=O)NN=Cc3ccco3)n2C2CCCCC2)cc1. The molecule has 0 atom stereocenters. The number of aryl methyl sites for hydroxylation is 1. The van der Waals surface area contributed by atoms with Crippen molar-refractivity contribution in [3.8, 4) is 11.4 Å². The molecule has 0 unspecified atom stereocenters. The van der Waals surface area contributed by atoms with Crippen LogP contribution < -0.4 is 5.43 Å².